The van der Waals surface area contributed by atoms with Crippen molar-refractivity contribution in [3.05, 3.63) is 48.3 Å². The van der Waals surface area contributed by atoms with E-state index in [-0.39, 0.29) is 13.2 Å². The van der Waals surface area contributed by atoms with Gasteiger partial charge in [-0.3, -0.25) is 0 Å². The van der Waals surface area contributed by atoms with Crippen molar-refractivity contribution < 1.29 is 17.9 Å². The van der Waals surface area contributed by atoms with Crippen molar-refractivity contribution in [3.63, 3.8) is 0 Å². The summed E-state index contributed by atoms with van der Waals surface area (Å²) in [5.74, 6) is 1.25. The summed E-state index contributed by atoms with van der Waals surface area (Å²) in [5, 5.41) is 3.23. The molecule has 0 atom stereocenters. The number of aromatic nitrogens is 2. The lowest BCUT2D eigenvalue weighted by molar-refractivity contribution is -0.139. The van der Waals surface area contributed by atoms with Crippen LogP contribution in [0.4, 0.5) is 19.0 Å². The van der Waals surface area contributed by atoms with E-state index < -0.39 is 17.6 Å². The summed E-state index contributed by atoms with van der Waals surface area (Å²) in [6.07, 6.45) is -1.45. The number of aliphatic imine (C=N–C) groups is 1. The Morgan fingerprint density at radius 2 is 1.87 bits per heavy atom. The molecule has 7 nitrogen and oxygen atoms in total. The van der Waals surface area contributed by atoms with E-state index in [1.807, 2.05) is 25.1 Å². The fraction of sp³-hybridized carbons (Fsp3) is 0.450. The van der Waals surface area contributed by atoms with Gasteiger partial charge < -0.3 is 19.9 Å². The van der Waals surface area contributed by atoms with E-state index in [1.54, 1.807) is 6.20 Å². The molecule has 0 amide bonds. The van der Waals surface area contributed by atoms with Crippen LogP contribution in [0.1, 0.15) is 12.5 Å². The second-order valence-electron chi connectivity index (χ2n) is 6.60. The van der Waals surface area contributed by atoms with Crippen molar-refractivity contribution in [3.8, 4) is 5.88 Å². The van der Waals surface area contributed by atoms with Crippen LogP contribution in [-0.2, 0) is 6.18 Å². The summed E-state index contributed by atoms with van der Waals surface area (Å²) in [6, 6.07) is 8.03. The van der Waals surface area contributed by atoms with E-state index in [4.69, 9.17) is 4.74 Å². The maximum Gasteiger partial charge on any atom is 0.421 e. The average Bonchev–Trinajstić information content (AvgIpc) is 2.76. The van der Waals surface area contributed by atoms with Crippen LogP contribution in [0.5, 0.6) is 5.88 Å². The number of ether oxygens (including phenoxy) is 1. The zero-order valence-corrected chi connectivity index (χ0v) is 16.8. The van der Waals surface area contributed by atoms with Crippen molar-refractivity contribution in [1.82, 2.24) is 20.2 Å². The Kier molecular flexibility index (Phi) is 7.31. The maximum absolute atomic E-state index is 13.0. The highest BCUT2D eigenvalue weighted by Gasteiger charge is 2.35. The SMILES string of the molecule is CCNC(=NCCOc1ncccc1C(F)(F)F)N1CCN(c2ccccn2)CC1. The van der Waals surface area contributed by atoms with Crippen molar-refractivity contribution in [2.45, 2.75) is 13.1 Å². The Labute approximate surface area is 173 Å². The lowest BCUT2D eigenvalue weighted by atomic mass is 10.2. The fourth-order valence-corrected chi connectivity index (χ4v) is 3.13. The smallest absolute Gasteiger partial charge is 0.421 e. The molecule has 0 saturated carbocycles. The minimum atomic E-state index is -4.50. The van der Waals surface area contributed by atoms with Gasteiger partial charge in [-0.15, -0.1) is 0 Å². The molecule has 2 aromatic rings. The molecule has 0 bridgehead atoms. The Hall–Kier alpha value is -3.04. The first-order chi connectivity index (χ1) is 14.5. The molecule has 0 spiro atoms. The second kappa shape index (κ2) is 10.1. The van der Waals surface area contributed by atoms with Crippen LogP contribution in [-0.4, -0.2) is 66.7 Å². The van der Waals surface area contributed by atoms with Gasteiger partial charge >= 0.3 is 6.18 Å². The summed E-state index contributed by atoms with van der Waals surface area (Å²) in [6.45, 7) is 6.03. The van der Waals surface area contributed by atoms with E-state index in [0.29, 0.717) is 6.54 Å². The predicted octanol–water partition coefficient (Wildman–Crippen LogP) is 2.66. The number of nitrogens with zero attached hydrogens (tertiary/aromatic N) is 5. The molecule has 0 aromatic carbocycles. The first kappa shape index (κ1) is 21.7. The molecule has 1 aliphatic heterocycles. The minimum Gasteiger partial charge on any atom is -0.475 e. The van der Waals surface area contributed by atoms with Crippen molar-refractivity contribution >= 4 is 11.8 Å². The van der Waals surface area contributed by atoms with Crippen LogP contribution >= 0.6 is 0 Å². The second-order valence-corrected chi connectivity index (χ2v) is 6.60. The zero-order valence-electron chi connectivity index (χ0n) is 16.8. The third-order valence-electron chi connectivity index (χ3n) is 4.56. The Morgan fingerprint density at radius 3 is 2.53 bits per heavy atom. The van der Waals surface area contributed by atoms with Crippen LogP contribution in [0, 0.1) is 0 Å². The molecule has 10 heteroatoms. The predicted molar refractivity (Wildman–Crippen MR) is 109 cm³/mol. The highest BCUT2D eigenvalue weighted by Crippen LogP contribution is 2.34. The molecule has 2 aromatic heterocycles. The van der Waals surface area contributed by atoms with Crippen LogP contribution in [0.25, 0.3) is 0 Å². The first-order valence-corrected chi connectivity index (χ1v) is 9.83. The molecule has 3 heterocycles. The van der Waals surface area contributed by atoms with Crippen LogP contribution in [0.2, 0.25) is 0 Å². The molecule has 1 saturated heterocycles. The molecule has 30 heavy (non-hydrogen) atoms. The zero-order chi connectivity index (χ0) is 21.4. The first-order valence-electron chi connectivity index (χ1n) is 9.83. The van der Waals surface area contributed by atoms with Gasteiger partial charge in [-0.05, 0) is 31.2 Å². The van der Waals surface area contributed by atoms with Crippen LogP contribution in [0.3, 0.4) is 0 Å². The van der Waals surface area contributed by atoms with E-state index in [2.05, 4.69) is 30.1 Å². The van der Waals surface area contributed by atoms with E-state index in [9.17, 15) is 13.2 Å². The number of nitrogens with one attached hydrogen (secondary N) is 1. The third-order valence-corrected chi connectivity index (χ3v) is 4.56. The number of rotatable bonds is 6. The van der Waals surface area contributed by atoms with E-state index in [0.717, 1.165) is 44.0 Å². The number of anilines is 1. The molecule has 0 radical (unpaired) electrons. The average molecular weight is 422 g/mol. The van der Waals surface area contributed by atoms with Gasteiger partial charge in [0.15, 0.2) is 5.96 Å². The molecule has 1 aliphatic rings. The summed E-state index contributed by atoms with van der Waals surface area (Å²) in [4.78, 5) is 16.9. The molecular formula is C20H25F3N6O. The number of pyridine rings is 2. The standard InChI is InChI=1S/C20H25F3N6O/c1-2-24-19(29-13-11-28(12-14-29)17-7-3-4-8-25-17)27-10-15-30-18-16(20(21,22)23)6-5-9-26-18/h3-9H,2,10-15H2,1H3,(H,24,27). The molecule has 0 unspecified atom stereocenters. The molecule has 3 rings (SSSR count). The Balaban J connectivity index is 1.54. The van der Waals surface area contributed by atoms with Crippen molar-refractivity contribution in [2.24, 2.45) is 4.99 Å². The molecular weight excluding hydrogens is 397 g/mol. The molecule has 1 fully saturated rings. The number of alkyl halides is 3. The van der Waals surface area contributed by atoms with Gasteiger partial charge in [-0.2, -0.15) is 13.2 Å². The Bertz CT molecular complexity index is 823. The van der Waals surface area contributed by atoms with Crippen molar-refractivity contribution in [1.29, 1.82) is 0 Å². The quantitative estimate of drug-likeness (QED) is 0.439. The highest BCUT2D eigenvalue weighted by molar-refractivity contribution is 5.80. The van der Waals surface area contributed by atoms with Crippen LogP contribution in [0.15, 0.2) is 47.7 Å². The summed E-state index contributed by atoms with van der Waals surface area (Å²) in [7, 11) is 0. The van der Waals surface area contributed by atoms with E-state index in [1.165, 1.54) is 12.3 Å². The number of hydrogen-bond acceptors (Lipinski definition) is 5. The van der Waals surface area contributed by atoms with E-state index >= 15 is 0 Å². The van der Waals surface area contributed by atoms with Crippen LogP contribution < -0.4 is 15.0 Å². The van der Waals surface area contributed by atoms with Crippen molar-refractivity contribution in [2.75, 3.05) is 50.8 Å². The number of piperazine rings is 1. The third kappa shape index (κ3) is 5.74. The highest BCUT2D eigenvalue weighted by atomic mass is 19.4. The Morgan fingerprint density at radius 1 is 1.10 bits per heavy atom. The monoisotopic (exact) mass is 422 g/mol. The number of halogens is 3. The summed E-state index contributed by atoms with van der Waals surface area (Å²) in [5.41, 5.74) is -0.883. The van der Waals surface area contributed by atoms with Gasteiger partial charge in [0.2, 0.25) is 5.88 Å². The lowest BCUT2D eigenvalue weighted by Gasteiger charge is -2.37. The maximum atomic E-state index is 13.0. The summed E-state index contributed by atoms with van der Waals surface area (Å²) < 4.78 is 44.3. The molecule has 0 aliphatic carbocycles. The van der Waals surface area contributed by atoms with Gasteiger partial charge in [0, 0.05) is 45.1 Å². The van der Waals surface area contributed by atoms with Gasteiger partial charge in [0.05, 0.1) is 6.54 Å². The number of hydrogen-bond donors (Lipinski definition) is 1. The lowest BCUT2D eigenvalue weighted by Crippen LogP contribution is -2.52. The molecule has 162 valence electrons. The minimum absolute atomic E-state index is 0.00287. The molecule has 1 N–H and O–H groups in total. The fourth-order valence-electron chi connectivity index (χ4n) is 3.13. The summed E-state index contributed by atoms with van der Waals surface area (Å²) >= 11 is 0. The van der Waals surface area contributed by atoms with Gasteiger partial charge in [-0.25, -0.2) is 15.0 Å². The largest absolute Gasteiger partial charge is 0.475 e. The number of guanidine groups is 1. The normalized spacial score (nSPS) is 15.3. The van der Waals surface area contributed by atoms with Gasteiger partial charge in [0.25, 0.3) is 0 Å². The van der Waals surface area contributed by atoms with Gasteiger partial charge in [-0.1, -0.05) is 6.07 Å². The van der Waals surface area contributed by atoms with Gasteiger partial charge in [0.1, 0.15) is 18.0 Å². The topological polar surface area (TPSA) is 65.9 Å².